The van der Waals surface area contributed by atoms with Crippen LogP contribution in [-0.4, -0.2) is 41.2 Å². The van der Waals surface area contributed by atoms with E-state index in [0.717, 1.165) is 17.0 Å². The van der Waals surface area contributed by atoms with E-state index >= 15 is 0 Å². The molecule has 0 saturated heterocycles. The quantitative estimate of drug-likeness (QED) is 0.422. The monoisotopic (exact) mass is 434 g/mol. The van der Waals surface area contributed by atoms with Crippen molar-refractivity contribution in [1.29, 1.82) is 0 Å². The second kappa shape index (κ2) is 8.39. The van der Waals surface area contributed by atoms with Crippen molar-refractivity contribution < 1.29 is 15.0 Å². The van der Waals surface area contributed by atoms with Crippen molar-refractivity contribution in [3.05, 3.63) is 65.5 Å². The lowest BCUT2D eigenvalue weighted by Gasteiger charge is -2.10. The molecule has 7 nitrogen and oxygen atoms in total. The molecule has 2 aromatic heterocycles. The summed E-state index contributed by atoms with van der Waals surface area (Å²) < 4.78 is 1.92. The Bertz CT molecular complexity index is 1270. The van der Waals surface area contributed by atoms with Crippen LogP contribution in [0.5, 0.6) is 5.88 Å². The number of aryl methyl sites for hydroxylation is 1. The third-order valence-electron chi connectivity index (χ3n) is 4.92. The van der Waals surface area contributed by atoms with Gasteiger partial charge in [0.2, 0.25) is 0 Å². The molecule has 4 aromatic rings. The maximum atomic E-state index is 11.5. The van der Waals surface area contributed by atoms with Gasteiger partial charge in [-0.2, -0.15) is 0 Å². The standard InChI is InChI=1S/C23H22N4O3S/c1-13(2)31-22-19-20(21(28)25-26-22)27(14(3)24-19)12-15-8-10-16(11-9-15)17-6-4-5-7-18(17)23(29)30/h4-11,13H,12H2,1-3H3,(H,25,28)(H,29,30). The predicted octanol–water partition coefficient (Wildman–Crippen LogP) is 4.75. The van der Waals surface area contributed by atoms with E-state index in [1.807, 2.05) is 41.8 Å². The Morgan fingerprint density at radius 2 is 1.81 bits per heavy atom. The van der Waals surface area contributed by atoms with Gasteiger partial charge < -0.3 is 14.8 Å². The van der Waals surface area contributed by atoms with E-state index in [1.165, 1.54) is 0 Å². The number of aromatic carboxylic acids is 1. The fraction of sp³-hybridized carbons (Fsp3) is 0.217. The molecule has 0 radical (unpaired) electrons. The molecule has 2 heterocycles. The van der Waals surface area contributed by atoms with Crippen molar-refractivity contribution in [1.82, 2.24) is 19.7 Å². The predicted molar refractivity (Wildman–Crippen MR) is 121 cm³/mol. The van der Waals surface area contributed by atoms with Crippen LogP contribution in [0.4, 0.5) is 0 Å². The summed E-state index contributed by atoms with van der Waals surface area (Å²) >= 11 is 1.56. The number of imidazole rings is 1. The lowest BCUT2D eigenvalue weighted by atomic mass is 9.99. The number of hydrogen-bond acceptors (Lipinski definition) is 6. The van der Waals surface area contributed by atoms with Crippen molar-refractivity contribution in [2.45, 2.75) is 37.6 Å². The summed E-state index contributed by atoms with van der Waals surface area (Å²) in [5, 5.41) is 28.9. The topological polar surface area (TPSA) is 101 Å². The number of hydrogen-bond donors (Lipinski definition) is 2. The van der Waals surface area contributed by atoms with Crippen molar-refractivity contribution in [3.8, 4) is 17.0 Å². The number of aromatic hydroxyl groups is 1. The number of aromatic nitrogens is 4. The van der Waals surface area contributed by atoms with Gasteiger partial charge in [0.05, 0.1) is 5.56 Å². The zero-order chi connectivity index (χ0) is 22.1. The second-order valence-corrected chi connectivity index (χ2v) is 9.05. The molecule has 31 heavy (non-hydrogen) atoms. The molecular formula is C23H22N4O3S. The van der Waals surface area contributed by atoms with E-state index < -0.39 is 5.97 Å². The molecule has 0 aliphatic carbocycles. The Hall–Kier alpha value is -3.39. The fourth-order valence-corrected chi connectivity index (χ4v) is 4.31. The Labute approximate surface area is 183 Å². The Kier molecular flexibility index (Phi) is 5.65. The number of carboxylic acid groups (broad SMARTS) is 1. The molecular weight excluding hydrogens is 412 g/mol. The average Bonchev–Trinajstić information content (AvgIpc) is 3.07. The maximum Gasteiger partial charge on any atom is 0.336 e. The molecule has 0 saturated carbocycles. The minimum atomic E-state index is -0.952. The third kappa shape index (κ3) is 4.11. The van der Waals surface area contributed by atoms with Gasteiger partial charge in [-0.25, -0.2) is 9.78 Å². The van der Waals surface area contributed by atoms with Crippen LogP contribution in [0, 0.1) is 6.92 Å². The highest BCUT2D eigenvalue weighted by Gasteiger charge is 2.19. The van der Waals surface area contributed by atoms with Crippen LogP contribution in [0.3, 0.4) is 0 Å². The maximum absolute atomic E-state index is 11.5. The molecule has 0 aliphatic heterocycles. The minimum Gasteiger partial charge on any atom is -0.491 e. The molecule has 0 atom stereocenters. The first-order valence-corrected chi connectivity index (χ1v) is 10.7. The van der Waals surface area contributed by atoms with Gasteiger partial charge in [-0.15, -0.1) is 10.2 Å². The summed E-state index contributed by atoms with van der Waals surface area (Å²) in [4.78, 5) is 16.1. The number of thioether (sulfide) groups is 1. The van der Waals surface area contributed by atoms with Gasteiger partial charge in [-0.1, -0.05) is 68.1 Å². The molecule has 4 rings (SSSR count). The zero-order valence-electron chi connectivity index (χ0n) is 17.4. The van der Waals surface area contributed by atoms with Gasteiger partial charge in [-0.3, -0.25) is 0 Å². The molecule has 0 fully saturated rings. The summed E-state index contributed by atoms with van der Waals surface area (Å²) in [6.45, 7) is 6.52. The number of fused-ring (bicyclic) bond motifs is 1. The average molecular weight is 435 g/mol. The van der Waals surface area contributed by atoms with E-state index in [0.29, 0.717) is 33.4 Å². The van der Waals surface area contributed by atoms with Crippen LogP contribution in [0.25, 0.3) is 22.2 Å². The number of nitrogens with zero attached hydrogens (tertiary/aromatic N) is 4. The molecule has 2 aromatic carbocycles. The van der Waals surface area contributed by atoms with E-state index in [2.05, 4.69) is 29.0 Å². The van der Waals surface area contributed by atoms with Crippen molar-refractivity contribution in [3.63, 3.8) is 0 Å². The highest BCUT2D eigenvalue weighted by atomic mass is 32.2. The van der Waals surface area contributed by atoms with E-state index in [-0.39, 0.29) is 11.4 Å². The lowest BCUT2D eigenvalue weighted by Crippen LogP contribution is -2.03. The van der Waals surface area contributed by atoms with Crippen LogP contribution in [0.2, 0.25) is 0 Å². The highest BCUT2D eigenvalue weighted by Crippen LogP contribution is 2.33. The summed E-state index contributed by atoms with van der Waals surface area (Å²) in [7, 11) is 0. The van der Waals surface area contributed by atoms with E-state index in [1.54, 1.807) is 30.0 Å². The SMILES string of the molecule is Cc1nc2c(SC(C)C)nnc(O)c2n1Cc1ccc(-c2ccccc2C(=O)O)cc1. The van der Waals surface area contributed by atoms with Gasteiger partial charge in [0.25, 0.3) is 5.88 Å². The van der Waals surface area contributed by atoms with Crippen molar-refractivity contribution in [2.75, 3.05) is 0 Å². The third-order valence-corrected chi connectivity index (χ3v) is 5.89. The lowest BCUT2D eigenvalue weighted by molar-refractivity contribution is 0.0697. The van der Waals surface area contributed by atoms with Gasteiger partial charge in [-0.05, 0) is 29.7 Å². The Balaban J connectivity index is 1.69. The fourth-order valence-electron chi connectivity index (χ4n) is 3.52. The summed E-state index contributed by atoms with van der Waals surface area (Å²) in [6, 6.07) is 14.7. The van der Waals surface area contributed by atoms with Crippen LogP contribution < -0.4 is 0 Å². The van der Waals surface area contributed by atoms with Gasteiger partial charge in [0.15, 0.2) is 0 Å². The summed E-state index contributed by atoms with van der Waals surface area (Å²) in [5.74, 6) is -0.339. The first-order valence-electron chi connectivity index (χ1n) is 9.86. The smallest absolute Gasteiger partial charge is 0.336 e. The normalized spacial score (nSPS) is 11.4. The molecule has 158 valence electrons. The first-order chi connectivity index (χ1) is 14.8. The molecule has 2 N–H and O–H groups in total. The number of rotatable bonds is 6. The molecule has 0 amide bonds. The molecule has 0 spiro atoms. The first kappa shape index (κ1) is 20.9. The largest absolute Gasteiger partial charge is 0.491 e. The van der Waals surface area contributed by atoms with Crippen molar-refractivity contribution >= 4 is 28.8 Å². The summed E-state index contributed by atoms with van der Waals surface area (Å²) in [5.41, 5.74) is 3.98. The number of carbonyl (C=O) groups is 1. The highest BCUT2D eigenvalue weighted by molar-refractivity contribution is 8.00. The van der Waals surface area contributed by atoms with Crippen LogP contribution in [-0.2, 0) is 6.54 Å². The molecule has 0 unspecified atom stereocenters. The Morgan fingerprint density at radius 1 is 1.10 bits per heavy atom. The molecule has 0 bridgehead atoms. The van der Waals surface area contributed by atoms with E-state index in [4.69, 9.17) is 0 Å². The van der Waals surface area contributed by atoms with Crippen molar-refractivity contribution in [2.24, 2.45) is 0 Å². The van der Waals surface area contributed by atoms with Gasteiger partial charge in [0.1, 0.15) is 21.9 Å². The second-order valence-electron chi connectivity index (χ2n) is 7.49. The van der Waals surface area contributed by atoms with Gasteiger partial charge >= 0.3 is 5.97 Å². The number of benzene rings is 2. The Morgan fingerprint density at radius 3 is 2.48 bits per heavy atom. The summed E-state index contributed by atoms with van der Waals surface area (Å²) in [6.07, 6.45) is 0. The minimum absolute atomic E-state index is 0.143. The number of carboxylic acids is 1. The van der Waals surface area contributed by atoms with Gasteiger partial charge in [0, 0.05) is 11.8 Å². The van der Waals surface area contributed by atoms with Crippen LogP contribution >= 0.6 is 11.8 Å². The van der Waals surface area contributed by atoms with Crippen LogP contribution in [0.1, 0.15) is 35.6 Å². The zero-order valence-corrected chi connectivity index (χ0v) is 18.2. The molecule has 0 aliphatic rings. The van der Waals surface area contributed by atoms with Crippen LogP contribution in [0.15, 0.2) is 53.6 Å². The van der Waals surface area contributed by atoms with E-state index in [9.17, 15) is 15.0 Å². The molecule has 8 heteroatoms.